The highest BCUT2D eigenvalue weighted by atomic mass is 19.1. The van der Waals surface area contributed by atoms with Crippen molar-refractivity contribution >= 4 is 0 Å². The number of unbranched alkanes of at least 4 members (excludes halogenated alkanes) is 1. The summed E-state index contributed by atoms with van der Waals surface area (Å²) in [6.07, 6.45) is 1.30. The van der Waals surface area contributed by atoms with Crippen molar-refractivity contribution in [1.29, 1.82) is 0 Å². The highest BCUT2D eigenvalue weighted by Gasteiger charge is 2.10. The van der Waals surface area contributed by atoms with Crippen molar-refractivity contribution in [1.82, 2.24) is 0 Å². The fraction of sp³-hybridized carbons (Fsp3) is 0.600. The third-order valence-corrected chi connectivity index (χ3v) is 2.86. The van der Waals surface area contributed by atoms with E-state index in [1.807, 2.05) is 0 Å². The zero-order valence-electron chi connectivity index (χ0n) is 12.1. The lowest BCUT2D eigenvalue weighted by Crippen LogP contribution is -2.23. The minimum Gasteiger partial charge on any atom is -0.491 e. The summed E-state index contributed by atoms with van der Waals surface area (Å²) in [5.74, 6) is -0.0225. The van der Waals surface area contributed by atoms with Gasteiger partial charge >= 0.3 is 0 Å². The lowest BCUT2D eigenvalue weighted by molar-refractivity contribution is 0.0112. The smallest absolute Gasteiger partial charge is 0.131 e. The van der Waals surface area contributed by atoms with Crippen molar-refractivity contribution in [3.05, 3.63) is 29.6 Å². The summed E-state index contributed by atoms with van der Waals surface area (Å²) >= 11 is 0. The van der Waals surface area contributed by atoms with E-state index in [2.05, 4.69) is 6.92 Å². The molecule has 0 spiro atoms. The molecular weight excluding hydrogens is 261 g/mol. The lowest BCUT2D eigenvalue weighted by atomic mass is 10.1. The third kappa shape index (κ3) is 5.86. The number of benzene rings is 1. The van der Waals surface area contributed by atoms with Gasteiger partial charge in [-0.15, -0.1) is 0 Å². The van der Waals surface area contributed by atoms with Crippen molar-refractivity contribution in [3.8, 4) is 5.75 Å². The van der Waals surface area contributed by atoms with Crippen LogP contribution in [0.4, 0.5) is 4.39 Å². The van der Waals surface area contributed by atoms with Crippen molar-refractivity contribution in [2.45, 2.75) is 38.8 Å². The van der Waals surface area contributed by atoms with Gasteiger partial charge in [-0.05, 0) is 19.4 Å². The Labute approximate surface area is 119 Å². The van der Waals surface area contributed by atoms with E-state index in [9.17, 15) is 9.50 Å². The summed E-state index contributed by atoms with van der Waals surface area (Å²) in [6, 6.07) is 4.16. The molecule has 3 N–H and O–H groups in total. The maximum atomic E-state index is 13.7. The fourth-order valence-electron chi connectivity index (χ4n) is 1.67. The van der Waals surface area contributed by atoms with E-state index in [4.69, 9.17) is 15.2 Å². The van der Waals surface area contributed by atoms with Crippen LogP contribution >= 0.6 is 0 Å². The Bertz CT molecular complexity index is 399. The average molecular weight is 285 g/mol. The molecule has 0 aliphatic rings. The van der Waals surface area contributed by atoms with Gasteiger partial charge in [-0.3, -0.25) is 0 Å². The Kier molecular flexibility index (Phi) is 7.51. The molecule has 2 atom stereocenters. The molecule has 1 aromatic rings. The molecule has 0 bridgehead atoms. The number of halogens is 1. The van der Waals surface area contributed by atoms with E-state index in [1.165, 1.54) is 6.07 Å². The molecule has 114 valence electrons. The summed E-state index contributed by atoms with van der Waals surface area (Å²) in [4.78, 5) is 0. The predicted octanol–water partition coefficient (Wildman–Crippen LogP) is 2.40. The molecule has 0 radical (unpaired) electrons. The summed E-state index contributed by atoms with van der Waals surface area (Å²) in [7, 11) is 0. The molecule has 1 unspecified atom stereocenters. The Balaban J connectivity index is 2.36. The predicted molar refractivity (Wildman–Crippen MR) is 76.2 cm³/mol. The van der Waals surface area contributed by atoms with Crippen molar-refractivity contribution in [2.75, 3.05) is 19.8 Å². The van der Waals surface area contributed by atoms with Crippen molar-refractivity contribution in [2.24, 2.45) is 5.73 Å². The highest BCUT2D eigenvalue weighted by Crippen LogP contribution is 2.20. The molecule has 20 heavy (non-hydrogen) atoms. The summed E-state index contributed by atoms with van der Waals surface area (Å²) in [5, 5.41) is 9.66. The van der Waals surface area contributed by atoms with Crippen LogP contribution in [0.5, 0.6) is 5.75 Å². The first-order chi connectivity index (χ1) is 9.54. The van der Waals surface area contributed by atoms with Gasteiger partial charge in [0.25, 0.3) is 0 Å². The Hall–Kier alpha value is -1.17. The SMILES string of the molecule is CCCCOCC(O)COc1ccc([C@H](C)N)c(F)c1. The first-order valence-electron chi connectivity index (χ1n) is 6.98. The zero-order valence-corrected chi connectivity index (χ0v) is 12.1. The second kappa shape index (κ2) is 8.89. The summed E-state index contributed by atoms with van der Waals surface area (Å²) in [5.41, 5.74) is 6.07. The molecule has 0 aromatic heterocycles. The molecule has 0 aliphatic heterocycles. The third-order valence-electron chi connectivity index (χ3n) is 2.86. The van der Waals surface area contributed by atoms with Gasteiger partial charge in [-0.1, -0.05) is 19.4 Å². The van der Waals surface area contributed by atoms with Gasteiger partial charge in [0, 0.05) is 24.3 Å². The molecular formula is C15H24FNO3. The molecule has 5 heteroatoms. The van der Waals surface area contributed by atoms with Crippen LogP contribution in [-0.4, -0.2) is 31.0 Å². The van der Waals surface area contributed by atoms with E-state index in [0.29, 0.717) is 17.9 Å². The van der Waals surface area contributed by atoms with Gasteiger partial charge in [0.05, 0.1) is 6.61 Å². The van der Waals surface area contributed by atoms with Crippen LogP contribution in [0.1, 0.15) is 38.3 Å². The minimum atomic E-state index is -0.719. The van der Waals surface area contributed by atoms with Crippen LogP contribution in [0, 0.1) is 5.82 Å². The normalized spacial score (nSPS) is 14.1. The molecule has 0 saturated heterocycles. The number of ether oxygens (including phenoxy) is 2. The molecule has 0 saturated carbocycles. The van der Waals surface area contributed by atoms with Crippen LogP contribution in [0.25, 0.3) is 0 Å². The van der Waals surface area contributed by atoms with Crippen molar-refractivity contribution in [3.63, 3.8) is 0 Å². The number of aliphatic hydroxyl groups excluding tert-OH is 1. The zero-order chi connectivity index (χ0) is 15.0. The lowest BCUT2D eigenvalue weighted by Gasteiger charge is -2.14. The molecule has 0 amide bonds. The second-order valence-corrected chi connectivity index (χ2v) is 4.87. The number of hydrogen-bond acceptors (Lipinski definition) is 4. The maximum absolute atomic E-state index is 13.7. The molecule has 0 fully saturated rings. The Morgan fingerprint density at radius 1 is 1.35 bits per heavy atom. The minimum absolute atomic E-state index is 0.0725. The number of hydrogen-bond donors (Lipinski definition) is 2. The van der Waals surface area contributed by atoms with Gasteiger partial charge in [-0.2, -0.15) is 0 Å². The quantitative estimate of drug-likeness (QED) is 0.684. The molecule has 1 aromatic carbocycles. The van der Waals surface area contributed by atoms with Gasteiger partial charge in [-0.25, -0.2) is 4.39 Å². The Morgan fingerprint density at radius 3 is 2.70 bits per heavy atom. The number of nitrogens with two attached hydrogens (primary N) is 1. The second-order valence-electron chi connectivity index (χ2n) is 4.87. The summed E-state index contributed by atoms with van der Waals surface area (Å²) in [6.45, 7) is 4.72. The molecule has 0 aliphatic carbocycles. The van der Waals surface area contributed by atoms with E-state index < -0.39 is 11.9 Å². The fourth-order valence-corrected chi connectivity index (χ4v) is 1.67. The molecule has 0 heterocycles. The monoisotopic (exact) mass is 285 g/mol. The first-order valence-corrected chi connectivity index (χ1v) is 6.98. The van der Waals surface area contributed by atoms with Crippen molar-refractivity contribution < 1.29 is 19.0 Å². The largest absolute Gasteiger partial charge is 0.491 e. The van der Waals surface area contributed by atoms with Gasteiger partial charge in [0.2, 0.25) is 0 Å². The molecule has 1 rings (SSSR count). The van der Waals surface area contributed by atoms with E-state index in [-0.39, 0.29) is 19.3 Å². The van der Waals surface area contributed by atoms with E-state index in [1.54, 1.807) is 19.1 Å². The highest BCUT2D eigenvalue weighted by molar-refractivity contribution is 5.30. The standard InChI is InChI=1S/C15H24FNO3/c1-3-4-7-19-9-12(18)10-20-13-5-6-14(11(2)17)15(16)8-13/h5-6,8,11-12,18H,3-4,7,9-10,17H2,1-2H3/t11-,12?/m0/s1. The van der Waals surface area contributed by atoms with Gasteiger partial charge in [0.15, 0.2) is 0 Å². The first kappa shape index (κ1) is 16.9. The van der Waals surface area contributed by atoms with Crippen LogP contribution in [0.3, 0.4) is 0 Å². The Morgan fingerprint density at radius 2 is 2.10 bits per heavy atom. The van der Waals surface area contributed by atoms with Gasteiger partial charge < -0.3 is 20.3 Å². The van der Waals surface area contributed by atoms with Crippen LogP contribution in [0.2, 0.25) is 0 Å². The molecule has 4 nitrogen and oxygen atoms in total. The van der Waals surface area contributed by atoms with Crippen LogP contribution in [-0.2, 0) is 4.74 Å². The van der Waals surface area contributed by atoms with E-state index >= 15 is 0 Å². The maximum Gasteiger partial charge on any atom is 0.131 e. The van der Waals surface area contributed by atoms with Crippen LogP contribution in [0.15, 0.2) is 18.2 Å². The topological polar surface area (TPSA) is 64.7 Å². The van der Waals surface area contributed by atoms with E-state index in [0.717, 1.165) is 12.8 Å². The number of rotatable bonds is 9. The average Bonchev–Trinajstić information content (AvgIpc) is 2.41. The summed E-state index contributed by atoms with van der Waals surface area (Å²) < 4.78 is 24.3. The number of aliphatic hydroxyl groups is 1. The van der Waals surface area contributed by atoms with Crippen LogP contribution < -0.4 is 10.5 Å². The van der Waals surface area contributed by atoms with Gasteiger partial charge in [0.1, 0.15) is 24.3 Å².